The average Bonchev–Trinajstić information content (AvgIpc) is 2.77. The number of anilines is 1. The van der Waals surface area contributed by atoms with Gasteiger partial charge < -0.3 is 25.6 Å². The van der Waals surface area contributed by atoms with Gasteiger partial charge >= 0.3 is 6.09 Å². The largest absolute Gasteiger partial charge is 0.444 e. The maximum absolute atomic E-state index is 12.7. The van der Waals surface area contributed by atoms with E-state index in [1.165, 1.54) is 0 Å². The highest BCUT2D eigenvalue weighted by molar-refractivity contribution is 6.35. The molecular formula is C23H30Cl2N6O2. The van der Waals surface area contributed by atoms with Crippen molar-refractivity contribution in [3.05, 3.63) is 50.9 Å². The van der Waals surface area contributed by atoms with Crippen LogP contribution in [0.15, 0.2) is 18.2 Å². The van der Waals surface area contributed by atoms with Gasteiger partial charge in [-0.2, -0.15) is 0 Å². The van der Waals surface area contributed by atoms with Crippen LogP contribution in [0.4, 0.5) is 10.6 Å². The third-order valence-corrected chi connectivity index (χ3v) is 6.13. The van der Waals surface area contributed by atoms with Crippen molar-refractivity contribution in [2.75, 3.05) is 31.5 Å². The maximum Gasteiger partial charge on any atom is 0.410 e. The number of hydrogen-bond donors (Lipinski definition) is 3. The lowest BCUT2D eigenvalue weighted by atomic mass is 10.1. The Morgan fingerprint density at radius 3 is 2.79 bits per heavy atom. The van der Waals surface area contributed by atoms with Crippen LogP contribution >= 0.6 is 23.2 Å². The molecule has 3 heterocycles. The number of rotatable bonds is 4. The van der Waals surface area contributed by atoms with E-state index in [0.29, 0.717) is 41.9 Å². The fraction of sp³-hybridized carbons (Fsp3) is 0.522. The van der Waals surface area contributed by atoms with Gasteiger partial charge in [-0.1, -0.05) is 29.3 Å². The van der Waals surface area contributed by atoms with Crippen molar-refractivity contribution in [3.8, 4) is 0 Å². The Bertz CT molecular complexity index is 1020. The zero-order chi connectivity index (χ0) is 23.6. The smallest absolute Gasteiger partial charge is 0.410 e. The SMILES string of the molecule is CC(C)(C)OC(=O)N1CCc2nc(C3CNCCN3)nc(NCc3ccc(Cl)cc3Cl)c2C1. The zero-order valence-corrected chi connectivity index (χ0v) is 20.7. The van der Waals surface area contributed by atoms with Gasteiger partial charge in [0.1, 0.15) is 17.2 Å². The lowest BCUT2D eigenvalue weighted by Gasteiger charge is -2.32. The van der Waals surface area contributed by atoms with Crippen molar-refractivity contribution in [2.45, 2.75) is 51.9 Å². The van der Waals surface area contributed by atoms with Crippen LogP contribution in [0.3, 0.4) is 0 Å². The van der Waals surface area contributed by atoms with Crippen molar-refractivity contribution < 1.29 is 9.53 Å². The molecule has 1 unspecified atom stereocenters. The molecule has 8 nitrogen and oxygen atoms in total. The Labute approximate surface area is 204 Å². The van der Waals surface area contributed by atoms with E-state index in [2.05, 4.69) is 16.0 Å². The molecule has 0 spiro atoms. The lowest BCUT2D eigenvalue weighted by Crippen LogP contribution is -2.44. The molecule has 10 heteroatoms. The van der Waals surface area contributed by atoms with Crippen LogP contribution in [-0.2, 0) is 24.2 Å². The molecule has 1 aromatic heterocycles. The summed E-state index contributed by atoms with van der Waals surface area (Å²) in [6.07, 6.45) is 0.308. The van der Waals surface area contributed by atoms with Gasteiger partial charge in [-0.25, -0.2) is 14.8 Å². The molecule has 2 aromatic rings. The Morgan fingerprint density at radius 1 is 1.27 bits per heavy atom. The van der Waals surface area contributed by atoms with Gasteiger partial charge in [0, 0.05) is 54.8 Å². The van der Waals surface area contributed by atoms with E-state index >= 15 is 0 Å². The molecule has 3 N–H and O–H groups in total. The molecule has 1 fully saturated rings. The molecule has 1 amide bonds. The summed E-state index contributed by atoms with van der Waals surface area (Å²) in [4.78, 5) is 24.1. The van der Waals surface area contributed by atoms with E-state index in [0.717, 1.165) is 42.3 Å². The number of ether oxygens (including phenoxy) is 1. The first-order valence-corrected chi connectivity index (χ1v) is 11.9. The van der Waals surface area contributed by atoms with Crippen LogP contribution in [0.5, 0.6) is 0 Å². The van der Waals surface area contributed by atoms with Crippen LogP contribution < -0.4 is 16.0 Å². The standard InChI is InChI=1S/C23H30Cl2N6O2/c1-23(2,3)33-22(32)31-9-6-18-16(13-31)20(28-11-14-4-5-15(24)10-17(14)25)30-21(29-18)19-12-26-7-8-27-19/h4-5,10,19,26-27H,6-9,11-13H2,1-3H3,(H,28,29,30). The topological polar surface area (TPSA) is 91.4 Å². The molecule has 0 saturated carbocycles. The number of amides is 1. The van der Waals surface area contributed by atoms with E-state index in [4.69, 9.17) is 37.9 Å². The van der Waals surface area contributed by atoms with Gasteiger partial charge in [-0.3, -0.25) is 0 Å². The monoisotopic (exact) mass is 492 g/mol. The fourth-order valence-corrected chi connectivity index (χ4v) is 4.37. The molecule has 4 rings (SSSR count). The fourth-order valence-electron chi connectivity index (χ4n) is 3.90. The molecule has 2 aliphatic heterocycles. The highest BCUT2D eigenvalue weighted by atomic mass is 35.5. The first-order chi connectivity index (χ1) is 15.7. The van der Waals surface area contributed by atoms with E-state index in [9.17, 15) is 4.79 Å². The molecule has 33 heavy (non-hydrogen) atoms. The number of aromatic nitrogens is 2. The summed E-state index contributed by atoms with van der Waals surface area (Å²) >= 11 is 12.4. The molecule has 178 valence electrons. The normalized spacial score (nSPS) is 18.6. The van der Waals surface area contributed by atoms with E-state index in [1.54, 1.807) is 11.0 Å². The summed E-state index contributed by atoms with van der Waals surface area (Å²) < 4.78 is 5.58. The van der Waals surface area contributed by atoms with Crippen molar-refractivity contribution in [1.29, 1.82) is 0 Å². The van der Waals surface area contributed by atoms with Gasteiger partial charge in [-0.05, 0) is 38.5 Å². The van der Waals surface area contributed by atoms with Gasteiger partial charge in [0.2, 0.25) is 0 Å². The van der Waals surface area contributed by atoms with Gasteiger partial charge in [0.15, 0.2) is 0 Å². The summed E-state index contributed by atoms with van der Waals surface area (Å²) in [5.41, 5.74) is 2.22. The second-order valence-electron chi connectivity index (χ2n) is 9.31. The number of carbonyl (C=O) groups excluding carboxylic acids is 1. The lowest BCUT2D eigenvalue weighted by molar-refractivity contribution is 0.0223. The number of halogens is 2. The average molecular weight is 493 g/mol. The van der Waals surface area contributed by atoms with Crippen LogP contribution in [0.2, 0.25) is 10.0 Å². The van der Waals surface area contributed by atoms with E-state index in [-0.39, 0.29) is 12.1 Å². The minimum atomic E-state index is -0.552. The molecule has 1 aromatic carbocycles. The van der Waals surface area contributed by atoms with Crippen molar-refractivity contribution >= 4 is 35.1 Å². The van der Waals surface area contributed by atoms with Crippen molar-refractivity contribution in [3.63, 3.8) is 0 Å². The number of carbonyl (C=O) groups is 1. The first kappa shape index (κ1) is 24.0. The predicted molar refractivity (Wildman–Crippen MR) is 130 cm³/mol. The molecule has 0 radical (unpaired) electrons. The second-order valence-corrected chi connectivity index (χ2v) is 10.2. The Morgan fingerprint density at radius 2 is 2.09 bits per heavy atom. The van der Waals surface area contributed by atoms with Gasteiger partial charge in [0.05, 0.1) is 18.3 Å². The quantitative estimate of drug-likeness (QED) is 0.595. The minimum absolute atomic E-state index is 0.0348. The molecule has 0 bridgehead atoms. The Kier molecular flexibility index (Phi) is 7.28. The summed E-state index contributed by atoms with van der Waals surface area (Å²) in [7, 11) is 0. The van der Waals surface area contributed by atoms with Gasteiger partial charge in [-0.15, -0.1) is 0 Å². The van der Waals surface area contributed by atoms with Crippen LogP contribution in [-0.4, -0.2) is 52.7 Å². The third-order valence-electron chi connectivity index (χ3n) is 5.54. The van der Waals surface area contributed by atoms with Crippen LogP contribution in [0, 0.1) is 0 Å². The summed E-state index contributed by atoms with van der Waals surface area (Å²) in [6, 6.07) is 5.47. The van der Waals surface area contributed by atoms with Crippen LogP contribution in [0.25, 0.3) is 0 Å². The van der Waals surface area contributed by atoms with Crippen molar-refractivity contribution in [1.82, 2.24) is 25.5 Å². The molecule has 2 aliphatic rings. The third kappa shape index (κ3) is 6.06. The maximum atomic E-state index is 12.7. The molecular weight excluding hydrogens is 463 g/mol. The van der Waals surface area contributed by atoms with Gasteiger partial charge in [0.25, 0.3) is 0 Å². The number of nitrogens with zero attached hydrogens (tertiary/aromatic N) is 3. The summed E-state index contributed by atoms with van der Waals surface area (Å²) in [5, 5.41) is 11.5. The highest BCUT2D eigenvalue weighted by Gasteiger charge is 2.30. The minimum Gasteiger partial charge on any atom is -0.444 e. The highest BCUT2D eigenvalue weighted by Crippen LogP contribution is 2.28. The predicted octanol–water partition coefficient (Wildman–Crippen LogP) is 3.92. The van der Waals surface area contributed by atoms with Crippen molar-refractivity contribution in [2.24, 2.45) is 0 Å². The summed E-state index contributed by atoms with van der Waals surface area (Å²) in [5.74, 6) is 1.46. The van der Waals surface area contributed by atoms with E-state index < -0.39 is 5.60 Å². The van der Waals surface area contributed by atoms with E-state index in [1.807, 2.05) is 32.9 Å². The number of hydrogen-bond acceptors (Lipinski definition) is 7. The molecule has 1 atom stereocenters. The van der Waals surface area contributed by atoms with Crippen LogP contribution in [0.1, 0.15) is 49.5 Å². The molecule has 0 aliphatic carbocycles. The summed E-state index contributed by atoms with van der Waals surface area (Å²) in [6.45, 7) is 9.57. The number of benzene rings is 1. The Balaban J connectivity index is 1.61. The number of piperazine rings is 1. The number of nitrogens with one attached hydrogen (secondary N) is 3. The second kappa shape index (κ2) is 10.0. The number of fused-ring (bicyclic) bond motifs is 1. The zero-order valence-electron chi connectivity index (χ0n) is 19.2. The molecule has 1 saturated heterocycles. The Hall–Kier alpha value is -2.13. The first-order valence-electron chi connectivity index (χ1n) is 11.2.